The number of hydrogen-bond donors (Lipinski definition) is 1. The number of rotatable bonds is 7. The molecule has 0 heterocycles. The van der Waals surface area contributed by atoms with Crippen molar-refractivity contribution in [2.45, 2.75) is 13.3 Å². The van der Waals surface area contributed by atoms with Crippen LogP contribution in [0.5, 0.6) is 0 Å². The van der Waals surface area contributed by atoms with E-state index in [0.29, 0.717) is 11.3 Å². The molecular formula is C19H21N3O3S. The number of aryl methyl sites for hydroxylation is 1. The summed E-state index contributed by atoms with van der Waals surface area (Å²) >= 11 is 0. The lowest BCUT2D eigenvalue weighted by Gasteiger charge is -2.22. The summed E-state index contributed by atoms with van der Waals surface area (Å²) in [6.07, 6.45) is 1.34. The molecule has 2 aromatic rings. The fourth-order valence-electron chi connectivity index (χ4n) is 2.58. The van der Waals surface area contributed by atoms with Crippen LogP contribution in [0.1, 0.15) is 16.7 Å². The second-order valence-electron chi connectivity index (χ2n) is 6.01. The first-order valence-electron chi connectivity index (χ1n) is 8.10. The summed E-state index contributed by atoms with van der Waals surface area (Å²) in [5.74, 6) is -0.171. The molecule has 0 atom stereocenters. The van der Waals surface area contributed by atoms with Crippen molar-refractivity contribution in [2.24, 2.45) is 0 Å². The molecule has 2 aromatic carbocycles. The number of nitrogens with zero attached hydrogens (tertiary/aromatic N) is 2. The molecule has 1 amide bonds. The van der Waals surface area contributed by atoms with E-state index >= 15 is 0 Å². The maximum absolute atomic E-state index is 12.1. The Labute approximate surface area is 154 Å². The predicted molar refractivity (Wildman–Crippen MR) is 101 cm³/mol. The maximum Gasteiger partial charge on any atom is 0.232 e. The number of sulfonamides is 1. The first kappa shape index (κ1) is 19.5. The van der Waals surface area contributed by atoms with Gasteiger partial charge in [0.15, 0.2) is 0 Å². The van der Waals surface area contributed by atoms with Crippen molar-refractivity contribution in [3.63, 3.8) is 0 Å². The van der Waals surface area contributed by atoms with E-state index in [0.717, 1.165) is 17.4 Å². The second-order valence-corrected chi connectivity index (χ2v) is 7.92. The Morgan fingerprint density at radius 1 is 1.19 bits per heavy atom. The zero-order valence-electron chi connectivity index (χ0n) is 14.8. The molecule has 0 fully saturated rings. The third-order valence-electron chi connectivity index (χ3n) is 3.75. The molecular weight excluding hydrogens is 350 g/mol. The van der Waals surface area contributed by atoms with Gasteiger partial charge in [-0.05, 0) is 30.7 Å². The zero-order chi connectivity index (χ0) is 19.2. The molecule has 0 unspecified atom stereocenters. The van der Waals surface area contributed by atoms with Gasteiger partial charge in [0.1, 0.15) is 0 Å². The molecule has 26 heavy (non-hydrogen) atoms. The van der Waals surface area contributed by atoms with Gasteiger partial charge in [0.05, 0.1) is 36.5 Å². The molecule has 6 nitrogen and oxygen atoms in total. The van der Waals surface area contributed by atoms with Gasteiger partial charge in [-0.15, -0.1) is 0 Å². The predicted octanol–water partition coefficient (Wildman–Crippen LogP) is 1.99. The number of nitriles is 1. The van der Waals surface area contributed by atoms with E-state index in [-0.39, 0.29) is 25.4 Å². The van der Waals surface area contributed by atoms with E-state index in [1.807, 2.05) is 37.3 Å². The third kappa shape index (κ3) is 5.60. The van der Waals surface area contributed by atoms with Crippen molar-refractivity contribution in [2.75, 3.05) is 23.7 Å². The smallest absolute Gasteiger partial charge is 0.232 e. The van der Waals surface area contributed by atoms with Gasteiger partial charge in [0.25, 0.3) is 0 Å². The fourth-order valence-corrected chi connectivity index (χ4v) is 3.50. The normalized spacial score (nSPS) is 10.8. The van der Waals surface area contributed by atoms with Crippen molar-refractivity contribution >= 4 is 21.6 Å². The summed E-state index contributed by atoms with van der Waals surface area (Å²) in [7, 11) is -3.53. The van der Waals surface area contributed by atoms with E-state index in [9.17, 15) is 13.2 Å². The summed E-state index contributed by atoms with van der Waals surface area (Å²) in [6.45, 7) is 2.22. The minimum Gasteiger partial charge on any atom is -0.354 e. The highest BCUT2D eigenvalue weighted by molar-refractivity contribution is 7.92. The minimum absolute atomic E-state index is 0.0905. The average molecular weight is 371 g/mol. The number of carbonyl (C=O) groups excluding carboxylic acids is 1. The van der Waals surface area contributed by atoms with Gasteiger partial charge in [0.2, 0.25) is 15.9 Å². The molecule has 0 aliphatic rings. The van der Waals surface area contributed by atoms with Gasteiger partial charge >= 0.3 is 0 Å². The monoisotopic (exact) mass is 371 g/mol. The molecule has 0 bridgehead atoms. The largest absolute Gasteiger partial charge is 0.354 e. The molecule has 0 aliphatic heterocycles. The molecule has 0 radical (unpaired) electrons. The second kappa shape index (κ2) is 8.50. The Hall–Kier alpha value is -2.85. The zero-order valence-corrected chi connectivity index (χ0v) is 15.6. The van der Waals surface area contributed by atoms with Crippen LogP contribution < -0.4 is 9.62 Å². The maximum atomic E-state index is 12.1. The van der Waals surface area contributed by atoms with Gasteiger partial charge in [-0.3, -0.25) is 9.10 Å². The highest BCUT2D eigenvalue weighted by Crippen LogP contribution is 2.18. The van der Waals surface area contributed by atoms with Gasteiger partial charge in [-0.25, -0.2) is 8.42 Å². The summed E-state index contributed by atoms with van der Waals surface area (Å²) in [5, 5.41) is 11.7. The number of benzene rings is 2. The third-order valence-corrected chi connectivity index (χ3v) is 4.94. The Bertz CT molecular complexity index is 933. The van der Waals surface area contributed by atoms with Gasteiger partial charge in [0, 0.05) is 6.54 Å². The van der Waals surface area contributed by atoms with Crippen LogP contribution in [0.2, 0.25) is 0 Å². The van der Waals surface area contributed by atoms with Crippen molar-refractivity contribution in [3.05, 3.63) is 65.2 Å². The molecule has 0 spiro atoms. The summed E-state index contributed by atoms with van der Waals surface area (Å²) in [6, 6.07) is 16.0. The number of anilines is 1. The van der Waals surface area contributed by atoms with Crippen molar-refractivity contribution < 1.29 is 13.2 Å². The highest BCUT2D eigenvalue weighted by Gasteiger charge is 2.17. The minimum atomic E-state index is -3.53. The molecule has 0 aliphatic carbocycles. The van der Waals surface area contributed by atoms with E-state index in [1.165, 1.54) is 10.4 Å². The Balaban J connectivity index is 1.99. The van der Waals surface area contributed by atoms with Crippen LogP contribution in [-0.4, -0.2) is 33.7 Å². The quantitative estimate of drug-likeness (QED) is 0.806. The Morgan fingerprint density at radius 3 is 2.58 bits per heavy atom. The van der Waals surface area contributed by atoms with Crippen LogP contribution >= 0.6 is 0 Å². The molecule has 0 saturated carbocycles. The first-order valence-corrected chi connectivity index (χ1v) is 9.94. The van der Waals surface area contributed by atoms with Crippen molar-refractivity contribution in [1.82, 2.24) is 5.32 Å². The van der Waals surface area contributed by atoms with Crippen molar-refractivity contribution in [3.8, 4) is 6.07 Å². The van der Waals surface area contributed by atoms with Gasteiger partial charge in [-0.2, -0.15) is 5.26 Å². The lowest BCUT2D eigenvalue weighted by molar-refractivity contribution is -0.120. The highest BCUT2D eigenvalue weighted by atomic mass is 32.2. The van der Waals surface area contributed by atoms with E-state index < -0.39 is 10.0 Å². The lowest BCUT2D eigenvalue weighted by Crippen LogP contribution is -2.38. The van der Waals surface area contributed by atoms with Crippen LogP contribution in [0.4, 0.5) is 5.69 Å². The molecule has 136 valence electrons. The van der Waals surface area contributed by atoms with E-state index in [1.54, 1.807) is 18.2 Å². The van der Waals surface area contributed by atoms with Crippen LogP contribution in [0, 0.1) is 18.3 Å². The van der Waals surface area contributed by atoms with Gasteiger partial charge < -0.3 is 5.32 Å². The van der Waals surface area contributed by atoms with Crippen LogP contribution in [0.25, 0.3) is 0 Å². The summed E-state index contributed by atoms with van der Waals surface area (Å²) < 4.78 is 25.3. The fraction of sp³-hybridized carbons (Fsp3) is 0.263. The SMILES string of the molecule is Cc1cccc(CC(=O)NCCN(c2cccc(C#N)c2)S(C)(=O)=O)c1. The molecule has 0 saturated heterocycles. The molecule has 7 heteroatoms. The number of amides is 1. The summed E-state index contributed by atoms with van der Waals surface area (Å²) in [4.78, 5) is 12.1. The van der Waals surface area contributed by atoms with Crippen LogP contribution in [-0.2, 0) is 21.2 Å². The van der Waals surface area contributed by atoms with Crippen LogP contribution in [0.15, 0.2) is 48.5 Å². The van der Waals surface area contributed by atoms with Crippen molar-refractivity contribution in [1.29, 1.82) is 5.26 Å². The first-order chi connectivity index (χ1) is 12.3. The Kier molecular flexibility index (Phi) is 6.36. The number of hydrogen-bond acceptors (Lipinski definition) is 4. The lowest BCUT2D eigenvalue weighted by atomic mass is 10.1. The molecule has 1 N–H and O–H groups in total. The average Bonchev–Trinajstić information content (AvgIpc) is 2.57. The van der Waals surface area contributed by atoms with E-state index in [2.05, 4.69) is 5.32 Å². The molecule has 0 aromatic heterocycles. The van der Waals surface area contributed by atoms with E-state index in [4.69, 9.17) is 5.26 Å². The standard InChI is InChI=1S/C19H21N3O3S/c1-15-5-3-6-16(11-15)13-19(23)21-9-10-22(26(2,24)25)18-8-4-7-17(12-18)14-20/h3-8,11-12H,9-10,13H2,1-2H3,(H,21,23). The summed E-state index contributed by atoms with van der Waals surface area (Å²) in [5.41, 5.74) is 2.76. The van der Waals surface area contributed by atoms with Gasteiger partial charge in [-0.1, -0.05) is 35.9 Å². The van der Waals surface area contributed by atoms with Crippen LogP contribution in [0.3, 0.4) is 0 Å². The number of nitrogens with one attached hydrogen (secondary N) is 1. The number of carbonyl (C=O) groups is 1. The molecule has 2 rings (SSSR count). The topological polar surface area (TPSA) is 90.3 Å². The Morgan fingerprint density at radius 2 is 1.92 bits per heavy atom.